The zero-order valence-electron chi connectivity index (χ0n) is 14.3. The molecule has 0 aromatic carbocycles. The summed E-state index contributed by atoms with van der Waals surface area (Å²) >= 11 is 1.39. The highest BCUT2D eigenvalue weighted by molar-refractivity contribution is 7.99. The van der Waals surface area contributed by atoms with E-state index < -0.39 is 21.6 Å². The molecule has 0 saturated heterocycles. The molecule has 0 heterocycles. The van der Waals surface area contributed by atoms with Gasteiger partial charge in [-0.15, -0.1) is 0 Å². The summed E-state index contributed by atoms with van der Waals surface area (Å²) in [6.45, 7) is 5.89. The van der Waals surface area contributed by atoms with Crippen molar-refractivity contribution in [3.05, 3.63) is 12.2 Å². The average molecular weight is 379 g/mol. The predicted octanol–water partition coefficient (Wildman–Crippen LogP) is 2.13. The molecule has 0 atom stereocenters. The molecule has 6 nitrogen and oxygen atoms in total. The third-order valence-electron chi connectivity index (χ3n) is 3.90. The molecule has 0 aromatic rings. The lowest BCUT2D eigenvalue weighted by Gasteiger charge is -2.28. The van der Waals surface area contributed by atoms with Crippen LogP contribution in [0, 0.1) is 0 Å². The largest absolute Gasteiger partial charge is 0.464 e. The van der Waals surface area contributed by atoms with Crippen LogP contribution in [0.4, 0.5) is 0 Å². The van der Waals surface area contributed by atoms with Crippen molar-refractivity contribution in [1.82, 2.24) is 0 Å². The van der Waals surface area contributed by atoms with Crippen molar-refractivity contribution in [2.75, 3.05) is 30.1 Å². The molecule has 0 N–H and O–H groups in total. The summed E-state index contributed by atoms with van der Waals surface area (Å²) < 4.78 is 32.3. The monoisotopic (exact) mass is 378 g/mol. The number of esters is 2. The van der Waals surface area contributed by atoms with Crippen LogP contribution in [0.15, 0.2) is 12.2 Å². The smallest absolute Gasteiger partial charge is 0.334 e. The first-order valence-electron chi connectivity index (χ1n) is 8.00. The van der Waals surface area contributed by atoms with Crippen LogP contribution in [0.3, 0.4) is 0 Å². The van der Waals surface area contributed by atoms with E-state index in [2.05, 4.69) is 6.58 Å². The number of carbonyl (C=O) groups is 2. The molecular formula is C16H26O6S2. The molecule has 0 spiro atoms. The maximum atomic E-state index is 12.1. The van der Waals surface area contributed by atoms with Crippen molar-refractivity contribution in [2.45, 2.75) is 44.6 Å². The van der Waals surface area contributed by atoms with Crippen molar-refractivity contribution in [2.24, 2.45) is 0 Å². The molecule has 0 bridgehead atoms. The van der Waals surface area contributed by atoms with Gasteiger partial charge in [-0.1, -0.05) is 13.5 Å². The molecule has 1 rings (SSSR count). The molecule has 1 saturated carbocycles. The van der Waals surface area contributed by atoms with E-state index in [1.54, 1.807) is 0 Å². The Bertz CT molecular complexity index is 561. The van der Waals surface area contributed by atoms with Gasteiger partial charge in [-0.05, 0) is 32.1 Å². The second-order valence-electron chi connectivity index (χ2n) is 6.08. The van der Waals surface area contributed by atoms with E-state index >= 15 is 0 Å². The summed E-state index contributed by atoms with van der Waals surface area (Å²) in [6, 6.07) is 0. The van der Waals surface area contributed by atoms with Gasteiger partial charge in [-0.2, -0.15) is 11.8 Å². The SMILES string of the molecule is C=C(CSCCOC(=O)CS(C)(=O)=O)C(=O)OC1(CC)CCCC1. The molecule has 0 aromatic heterocycles. The molecule has 0 radical (unpaired) electrons. The van der Waals surface area contributed by atoms with Crippen LogP contribution in [0.5, 0.6) is 0 Å². The van der Waals surface area contributed by atoms with Gasteiger partial charge in [0.25, 0.3) is 0 Å². The summed E-state index contributed by atoms with van der Waals surface area (Å²) in [6.07, 6.45) is 5.78. The van der Waals surface area contributed by atoms with Gasteiger partial charge in [0.05, 0.1) is 0 Å². The Balaban J connectivity index is 2.21. The van der Waals surface area contributed by atoms with Crippen LogP contribution in [0.25, 0.3) is 0 Å². The lowest BCUT2D eigenvalue weighted by atomic mass is 9.99. The van der Waals surface area contributed by atoms with Crippen molar-refractivity contribution in [1.29, 1.82) is 0 Å². The molecule has 0 unspecified atom stereocenters. The summed E-state index contributed by atoms with van der Waals surface area (Å²) in [5.74, 6) is -0.888. The minimum absolute atomic E-state index is 0.0975. The van der Waals surface area contributed by atoms with E-state index in [0.717, 1.165) is 38.4 Å². The molecule has 0 aliphatic heterocycles. The summed E-state index contributed by atoms with van der Waals surface area (Å²) in [4.78, 5) is 23.3. The number of hydrogen-bond donors (Lipinski definition) is 0. The summed E-state index contributed by atoms with van der Waals surface area (Å²) in [7, 11) is -3.37. The quantitative estimate of drug-likeness (QED) is 0.327. The maximum Gasteiger partial charge on any atom is 0.334 e. The van der Waals surface area contributed by atoms with Crippen LogP contribution in [0.1, 0.15) is 39.0 Å². The van der Waals surface area contributed by atoms with E-state index in [0.29, 0.717) is 17.1 Å². The maximum absolute atomic E-state index is 12.1. The Morgan fingerprint density at radius 3 is 2.42 bits per heavy atom. The van der Waals surface area contributed by atoms with Crippen LogP contribution < -0.4 is 0 Å². The number of thioether (sulfide) groups is 1. The minimum atomic E-state index is -3.37. The van der Waals surface area contributed by atoms with Crippen LogP contribution in [-0.4, -0.2) is 56.1 Å². The number of hydrogen-bond acceptors (Lipinski definition) is 7. The Kier molecular flexibility index (Phi) is 8.29. The van der Waals surface area contributed by atoms with Crippen molar-refractivity contribution in [3.8, 4) is 0 Å². The van der Waals surface area contributed by atoms with Gasteiger partial charge in [0.2, 0.25) is 0 Å². The van der Waals surface area contributed by atoms with Gasteiger partial charge in [0, 0.05) is 23.3 Å². The van der Waals surface area contributed by atoms with E-state index in [1.165, 1.54) is 11.8 Å². The first kappa shape index (κ1) is 21.0. The molecule has 0 amide bonds. The van der Waals surface area contributed by atoms with Crippen LogP contribution in [-0.2, 0) is 28.9 Å². The highest BCUT2D eigenvalue weighted by Crippen LogP contribution is 2.36. The predicted molar refractivity (Wildman–Crippen MR) is 94.7 cm³/mol. The minimum Gasteiger partial charge on any atom is -0.464 e. The molecule has 24 heavy (non-hydrogen) atoms. The van der Waals surface area contributed by atoms with Crippen molar-refractivity contribution >= 4 is 33.5 Å². The Labute approximate surface area is 148 Å². The normalized spacial score (nSPS) is 16.6. The molecule has 138 valence electrons. The lowest BCUT2D eigenvalue weighted by Crippen LogP contribution is -2.32. The highest BCUT2D eigenvalue weighted by atomic mass is 32.2. The number of sulfone groups is 1. The standard InChI is InChI=1S/C16H26O6S2/c1-4-16(7-5-6-8-16)22-15(18)13(2)11-23-10-9-21-14(17)12-24(3,19)20/h2,4-12H2,1,3H3. The summed E-state index contributed by atoms with van der Waals surface area (Å²) in [5, 5.41) is 0. The third-order valence-corrected chi connectivity index (χ3v) is 5.67. The molecule has 1 fully saturated rings. The van der Waals surface area contributed by atoms with E-state index in [9.17, 15) is 18.0 Å². The van der Waals surface area contributed by atoms with Crippen LogP contribution in [0.2, 0.25) is 0 Å². The molecular weight excluding hydrogens is 352 g/mol. The molecule has 1 aliphatic rings. The fourth-order valence-electron chi connectivity index (χ4n) is 2.54. The molecule has 8 heteroatoms. The molecule has 1 aliphatic carbocycles. The van der Waals surface area contributed by atoms with Gasteiger partial charge in [-0.3, -0.25) is 4.79 Å². The van der Waals surface area contributed by atoms with Gasteiger partial charge in [-0.25, -0.2) is 13.2 Å². The average Bonchev–Trinajstić information content (AvgIpc) is 2.93. The second-order valence-corrected chi connectivity index (χ2v) is 9.33. The topological polar surface area (TPSA) is 86.7 Å². The summed E-state index contributed by atoms with van der Waals surface area (Å²) in [5.41, 5.74) is 0.0634. The van der Waals surface area contributed by atoms with E-state index in [4.69, 9.17) is 9.47 Å². The zero-order chi connectivity index (χ0) is 18.2. The van der Waals surface area contributed by atoms with Gasteiger partial charge in [0.15, 0.2) is 9.84 Å². The fraction of sp³-hybridized carbons (Fsp3) is 0.750. The zero-order valence-corrected chi connectivity index (χ0v) is 16.0. The Morgan fingerprint density at radius 2 is 1.88 bits per heavy atom. The third kappa shape index (κ3) is 7.70. The lowest BCUT2D eigenvalue weighted by molar-refractivity contribution is -0.154. The highest BCUT2D eigenvalue weighted by Gasteiger charge is 2.36. The van der Waals surface area contributed by atoms with Crippen LogP contribution >= 0.6 is 11.8 Å². The first-order chi connectivity index (χ1) is 11.2. The van der Waals surface area contributed by atoms with E-state index in [-0.39, 0.29) is 18.2 Å². The number of rotatable bonds is 10. The van der Waals surface area contributed by atoms with Gasteiger partial charge in [0.1, 0.15) is 18.0 Å². The number of ether oxygens (including phenoxy) is 2. The Hall–Kier alpha value is -1.02. The second kappa shape index (κ2) is 9.46. The first-order valence-corrected chi connectivity index (χ1v) is 11.2. The number of carbonyl (C=O) groups excluding carboxylic acids is 2. The van der Waals surface area contributed by atoms with Crippen molar-refractivity contribution in [3.63, 3.8) is 0 Å². The van der Waals surface area contributed by atoms with Crippen molar-refractivity contribution < 1.29 is 27.5 Å². The fourth-order valence-corrected chi connectivity index (χ4v) is 3.76. The van der Waals surface area contributed by atoms with Gasteiger partial charge >= 0.3 is 11.9 Å². The van der Waals surface area contributed by atoms with Gasteiger partial charge < -0.3 is 9.47 Å². The Morgan fingerprint density at radius 1 is 1.25 bits per heavy atom. The van der Waals surface area contributed by atoms with E-state index in [1.807, 2.05) is 6.92 Å².